The Morgan fingerprint density at radius 1 is 1.25 bits per heavy atom. The van der Waals surface area contributed by atoms with Crippen LogP contribution < -0.4 is 10.5 Å². The van der Waals surface area contributed by atoms with Crippen LogP contribution in [0.1, 0.15) is 31.2 Å². The van der Waals surface area contributed by atoms with Gasteiger partial charge in [-0.25, -0.2) is 13.1 Å². The average Bonchev–Trinajstić information content (AvgIpc) is 3.26. The second kappa shape index (κ2) is 4.90. The number of nitrogen functional groups attached to an aromatic ring is 1. The second-order valence-electron chi connectivity index (χ2n) is 5.97. The molecule has 0 heterocycles. The lowest BCUT2D eigenvalue weighted by Gasteiger charge is -2.18. The van der Waals surface area contributed by atoms with Crippen molar-refractivity contribution >= 4 is 27.3 Å². The molecule has 2 aliphatic rings. The SMILES string of the molecule is Cc1cc(S(=O)(=O)NC(C2CC2)C2CC2)cc(N)c1Cl. The summed E-state index contributed by atoms with van der Waals surface area (Å²) >= 11 is 5.99. The predicted octanol–water partition coefficient (Wildman–Crippen LogP) is 2.70. The van der Waals surface area contributed by atoms with Crippen molar-refractivity contribution in [2.75, 3.05) is 5.73 Å². The molecule has 3 rings (SSSR count). The van der Waals surface area contributed by atoms with E-state index in [0.29, 0.717) is 28.1 Å². The van der Waals surface area contributed by atoms with Gasteiger partial charge in [0.2, 0.25) is 10.0 Å². The summed E-state index contributed by atoms with van der Waals surface area (Å²) in [4.78, 5) is 0.211. The highest BCUT2D eigenvalue weighted by Gasteiger charge is 2.43. The third kappa shape index (κ3) is 2.80. The van der Waals surface area contributed by atoms with Crippen LogP contribution in [0.2, 0.25) is 5.02 Å². The van der Waals surface area contributed by atoms with E-state index in [9.17, 15) is 8.42 Å². The molecule has 0 bridgehead atoms. The topological polar surface area (TPSA) is 72.2 Å². The lowest BCUT2D eigenvalue weighted by atomic mass is 10.1. The zero-order valence-electron chi connectivity index (χ0n) is 11.4. The van der Waals surface area contributed by atoms with E-state index < -0.39 is 10.0 Å². The minimum Gasteiger partial charge on any atom is -0.397 e. The van der Waals surface area contributed by atoms with Crippen LogP contribution in [0.3, 0.4) is 0 Å². The van der Waals surface area contributed by atoms with Crippen LogP contribution in [0, 0.1) is 18.8 Å². The number of hydrogen-bond donors (Lipinski definition) is 2. The number of nitrogens with two attached hydrogens (primary N) is 1. The van der Waals surface area contributed by atoms with Crippen molar-refractivity contribution in [1.29, 1.82) is 0 Å². The Kier molecular flexibility index (Phi) is 3.47. The molecule has 0 aliphatic heterocycles. The zero-order valence-corrected chi connectivity index (χ0v) is 13.0. The van der Waals surface area contributed by atoms with Gasteiger partial charge in [0, 0.05) is 6.04 Å². The Morgan fingerprint density at radius 2 is 1.80 bits per heavy atom. The molecule has 3 N–H and O–H groups in total. The molecule has 110 valence electrons. The Balaban J connectivity index is 1.87. The highest BCUT2D eigenvalue weighted by Crippen LogP contribution is 2.45. The summed E-state index contributed by atoms with van der Waals surface area (Å²) in [5, 5.41) is 0.421. The van der Waals surface area contributed by atoms with Crippen molar-refractivity contribution < 1.29 is 8.42 Å². The number of halogens is 1. The zero-order chi connectivity index (χ0) is 14.5. The van der Waals surface area contributed by atoms with Gasteiger partial charge < -0.3 is 5.73 Å². The van der Waals surface area contributed by atoms with Gasteiger partial charge >= 0.3 is 0 Å². The first-order valence-electron chi connectivity index (χ1n) is 6.96. The molecule has 0 unspecified atom stereocenters. The number of aryl methyl sites for hydroxylation is 1. The Labute approximate surface area is 124 Å². The molecular weight excluding hydrogens is 296 g/mol. The monoisotopic (exact) mass is 314 g/mol. The first-order valence-corrected chi connectivity index (χ1v) is 8.82. The van der Waals surface area contributed by atoms with Crippen molar-refractivity contribution in [3.05, 3.63) is 22.7 Å². The Hall–Kier alpha value is -0.780. The Morgan fingerprint density at radius 3 is 2.25 bits per heavy atom. The molecular formula is C14H19ClN2O2S. The number of nitrogens with one attached hydrogen (secondary N) is 1. The smallest absolute Gasteiger partial charge is 0.240 e. The molecule has 0 aromatic heterocycles. The van der Waals surface area contributed by atoms with Gasteiger partial charge in [-0.05, 0) is 62.1 Å². The molecule has 2 fully saturated rings. The van der Waals surface area contributed by atoms with Gasteiger partial charge in [0.05, 0.1) is 15.6 Å². The van der Waals surface area contributed by atoms with Gasteiger partial charge in [-0.15, -0.1) is 0 Å². The second-order valence-corrected chi connectivity index (χ2v) is 8.06. The summed E-state index contributed by atoms with van der Waals surface area (Å²) < 4.78 is 27.9. The lowest BCUT2D eigenvalue weighted by molar-refractivity contribution is 0.471. The highest BCUT2D eigenvalue weighted by molar-refractivity contribution is 7.89. The van der Waals surface area contributed by atoms with Crippen LogP contribution in [-0.4, -0.2) is 14.5 Å². The molecule has 0 spiro atoms. The first-order chi connectivity index (χ1) is 9.38. The minimum absolute atomic E-state index is 0.0946. The fraction of sp³-hybridized carbons (Fsp3) is 0.571. The molecule has 2 aliphatic carbocycles. The van der Waals surface area contributed by atoms with E-state index in [2.05, 4.69) is 4.72 Å². The van der Waals surface area contributed by atoms with Gasteiger partial charge in [-0.3, -0.25) is 0 Å². The van der Waals surface area contributed by atoms with Crippen LogP contribution in [-0.2, 0) is 10.0 Å². The van der Waals surface area contributed by atoms with Gasteiger partial charge in [-0.1, -0.05) is 11.6 Å². The number of benzene rings is 1. The summed E-state index contributed by atoms with van der Waals surface area (Å²) in [6.45, 7) is 1.76. The average molecular weight is 315 g/mol. The summed E-state index contributed by atoms with van der Waals surface area (Å²) in [5.74, 6) is 1.03. The van der Waals surface area contributed by atoms with E-state index in [4.69, 9.17) is 17.3 Å². The molecule has 1 aromatic carbocycles. The van der Waals surface area contributed by atoms with Gasteiger partial charge in [0.25, 0.3) is 0 Å². The highest BCUT2D eigenvalue weighted by atomic mass is 35.5. The molecule has 2 saturated carbocycles. The fourth-order valence-electron chi connectivity index (χ4n) is 2.65. The van der Waals surface area contributed by atoms with Crippen molar-refractivity contribution in [2.24, 2.45) is 11.8 Å². The van der Waals surface area contributed by atoms with E-state index in [-0.39, 0.29) is 10.9 Å². The normalized spacial score (nSPS) is 19.6. The van der Waals surface area contributed by atoms with Crippen LogP contribution in [0.25, 0.3) is 0 Å². The van der Waals surface area contributed by atoms with Gasteiger partial charge in [-0.2, -0.15) is 0 Å². The van der Waals surface area contributed by atoms with Gasteiger partial charge in [0.1, 0.15) is 0 Å². The molecule has 4 nitrogen and oxygen atoms in total. The van der Waals surface area contributed by atoms with Crippen LogP contribution in [0.15, 0.2) is 17.0 Å². The van der Waals surface area contributed by atoms with Crippen molar-refractivity contribution in [1.82, 2.24) is 4.72 Å². The molecule has 6 heteroatoms. The molecule has 0 amide bonds. The number of hydrogen-bond acceptors (Lipinski definition) is 3. The number of sulfonamides is 1. The molecule has 1 aromatic rings. The van der Waals surface area contributed by atoms with Crippen LogP contribution in [0.4, 0.5) is 5.69 Å². The summed E-state index contributed by atoms with van der Waals surface area (Å²) in [6.07, 6.45) is 4.52. The van der Waals surface area contributed by atoms with Crippen molar-refractivity contribution in [3.63, 3.8) is 0 Å². The minimum atomic E-state index is -3.52. The fourth-order valence-corrected chi connectivity index (χ4v) is 4.26. The number of rotatable bonds is 5. The summed E-state index contributed by atoms with van der Waals surface area (Å²) in [5.41, 5.74) is 6.76. The largest absolute Gasteiger partial charge is 0.397 e. The predicted molar refractivity (Wildman–Crippen MR) is 80.2 cm³/mol. The summed E-state index contributed by atoms with van der Waals surface area (Å²) in [7, 11) is -3.52. The third-order valence-corrected chi connectivity index (χ3v) is 6.07. The maximum absolute atomic E-state index is 12.5. The van der Waals surface area contributed by atoms with E-state index >= 15 is 0 Å². The third-order valence-electron chi connectivity index (χ3n) is 4.12. The molecule has 0 atom stereocenters. The molecule has 0 saturated heterocycles. The lowest BCUT2D eigenvalue weighted by Crippen LogP contribution is -2.38. The maximum atomic E-state index is 12.5. The van der Waals surface area contributed by atoms with Gasteiger partial charge in [0.15, 0.2) is 0 Å². The van der Waals surface area contributed by atoms with E-state index in [1.165, 1.54) is 6.07 Å². The van der Waals surface area contributed by atoms with E-state index in [1.807, 2.05) is 0 Å². The summed E-state index contributed by atoms with van der Waals surface area (Å²) in [6, 6.07) is 3.11. The molecule has 20 heavy (non-hydrogen) atoms. The number of anilines is 1. The Bertz CT molecular complexity index is 602. The van der Waals surface area contributed by atoms with E-state index in [0.717, 1.165) is 25.7 Å². The first kappa shape index (κ1) is 14.2. The van der Waals surface area contributed by atoms with Crippen molar-refractivity contribution in [3.8, 4) is 0 Å². The maximum Gasteiger partial charge on any atom is 0.240 e. The quantitative estimate of drug-likeness (QED) is 0.821. The van der Waals surface area contributed by atoms with Crippen LogP contribution >= 0.6 is 11.6 Å². The van der Waals surface area contributed by atoms with E-state index in [1.54, 1.807) is 13.0 Å². The standard InChI is InChI=1S/C14H19ClN2O2S/c1-8-6-11(7-12(16)13(8)15)20(18,19)17-14(9-2-3-9)10-4-5-10/h6-7,9-10,14,17H,2-5,16H2,1H3. The molecule has 0 radical (unpaired) electrons. The van der Waals surface area contributed by atoms with Crippen molar-refractivity contribution in [2.45, 2.75) is 43.5 Å². The van der Waals surface area contributed by atoms with Crippen LogP contribution in [0.5, 0.6) is 0 Å².